The number of methoxy groups -OCH3 is 1. The quantitative estimate of drug-likeness (QED) is 0.911. The molecule has 2 rings (SSSR count). The number of nitrogens with one attached hydrogen (secondary N) is 1. The van der Waals surface area contributed by atoms with Gasteiger partial charge in [0.25, 0.3) is 10.0 Å². The lowest BCUT2D eigenvalue weighted by Crippen LogP contribution is -2.13. The summed E-state index contributed by atoms with van der Waals surface area (Å²) < 4.78 is 45.3. The van der Waals surface area contributed by atoms with E-state index < -0.39 is 15.8 Å². The molecule has 0 aromatic heterocycles. The monoisotopic (exact) mass is 323 g/mol. The van der Waals surface area contributed by atoms with Crippen LogP contribution >= 0.6 is 0 Å². The molecule has 2 aromatic rings. The molecule has 22 heavy (non-hydrogen) atoms. The zero-order valence-corrected chi connectivity index (χ0v) is 13.4. The largest absolute Gasteiger partial charge is 0.494 e. The summed E-state index contributed by atoms with van der Waals surface area (Å²) in [7, 11) is -2.51. The molecule has 0 atom stereocenters. The highest BCUT2D eigenvalue weighted by atomic mass is 32.2. The van der Waals surface area contributed by atoms with E-state index in [9.17, 15) is 12.8 Å². The van der Waals surface area contributed by atoms with Gasteiger partial charge in [-0.25, -0.2) is 12.8 Å². The average molecular weight is 323 g/mol. The van der Waals surface area contributed by atoms with Crippen molar-refractivity contribution in [3.05, 3.63) is 53.8 Å². The minimum Gasteiger partial charge on any atom is -0.494 e. The summed E-state index contributed by atoms with van der Waals surface area (Å²) in [6.07, 6.45) is 0. The molecule has 0 saturated carbocycles. The molecule has 0 saturated heterocycles. The summed E-state index contributed by atoms with van der Waals surface area (Å²) in [5.74, 6) is -0.354. The van der Waals surface area contributed by atoms with Crippen LogP contribution in [0.1, 0.15) is 25.3 Å². The predicted molar refractivity (Wildman–Crippen MR) is 84.3 cm³/mol. The molecule has 0 fully saturated rings. The number of sulfonamides is 1. The van der Waals surface area contributed by atoms with Crippen LogP contribution in [0.3, 0.4) is 0 Å². The summed E-state index contributed by atoms with van der Waals surface area (Å²) in [4.78, 5) is -0.0568. The average Bonchev–Trinajstić information content (AvgIpc) is 2.47. The first-order valence-electron chi connectivity index (χ1n) is 6.80. The Kier molecular flexibility index (Phi) is 4.71. The highest BCUT2D eigenvalue weighted by Gasteiger charge is 2.17. The van der Waals surface area contributed by atoms with Crippen LogP contribution < -0.4 is 9.46 Å². The number of ether oxygens (including phenoxy) is 1. The molecule has 4 nitrogen and oxygen atoms in total. The molecule has 0 amide bonds. The van der Waals surface area contributed by atoms with Crippen LogP contribution in [-0.2, 0) is 10.0 Å². The second-order valence-corrected chi connectivity index (χ2v) is 6.86. The minimum absolute atomic E-state index is 0.0568. The van der Waals surface area contributed by atoms with Crippen LogP contribution in [0.15, 0.2) is 47.4 Å². The van der Waals surface area contributed by atoms with Gasteiger partial charge in [-0.05, 0) is 35.7 Å². The highest BCUT2D eigenvalue weighted by Crippen LogP contribution is 2.24. The standard InChI is InChI=1S/C16H18FNO3S/c1-11(2)12-4-6-13(7-5-12)18-22(19,20)14-8-9-15(17)16(10-14)21-3/h4-11,18H,1-3H3. The van der Waals surface area contributed by atoms with Gasteiger partial charge < -0.3 is 4.74 Å². The van der Waals surface area contributed by atoms with Crippen LogP contribution in [0, 0.1) is 5.82 Å². The van der Waals surface area contributed by atoms with Crippen molar-refractivity contribution in [3.63, 3.8) is 0 Å². The zero-order valence-electron chi connectivity index (χ0n) is 12.6. The van der Waals surface area contributed by atoms with Gasteiger partial charge in [-0.3, -0.25) is 4.72 Å². The van der Waals surface area contributed by atoms with Crippen molar-refractivity contribution in [2.75, 3.05) is 11.8 Å². The Morgan fingerprint density at radius 2 is 1.73 bits per heavy atom. The summed E-state index contributed by atoms with van der Waals surface area (Å²) in [6, 6.07) is 10.6. The van der Waals surface area contributed by atoms with Gasteiger partial charge in [-0.15, -0.1) is 0 Å². The summed E-state index contributed by atoms with van der Waals surface area (Å²) in [6.45, 7) is 4.12. The van der Waals surface area contributed by atoms with E-state index in [1.807, 2.05) is 12.1 Å². The minimum atomic E-state index is -3.79. The molecule has 118 valence electrons. The van der Waals surface area contributed by atoms with Gasteiger partial charge in [-0.1, -0.05) is 26.0 Å². The number of anilines is 1. The molecule has 6 heteroatoms. The lowest BCUT2D eigenvalue weighted by Gasteiger charge is -2.11. The Balaban J connectivity index is 2.27. The fraction of sp³-hybridized carbons (Fsp3) is 0.250. The summed E-state index contributed by atoms with van der Waals surface area (Å²) in [5.41, 5.74) is 1.57. The third-order valence-electron chi connectivity index (χ3n) is 3.26. The Morgan fingerprint density at radius 3 is 2.27 bits per heavy atom. The maximum atomic E-state index is 13.4. The third-order valence-corrected chi connectivity index (χ3v) is 4.64. The van der Waals surface area contributed by atoms with E-state index in [1.165, 1.54) is 13.2 Å². The second-order valence-electron chi connectivity index (χ2n) is 5.18. The van der Waals surface area contributed by atoms with E-state index in [2.05, 4.69) is 18.6 Å². The first-order valence-corrected chi connectivity index (χ1v) is 8.28. The fourth-order valence-corrected chi connectivity index (χ4v) is 3.03. The first kappa shape index (κ1) is 16.3. The fourth-order valence-electron chi connectivity index (χ4n) is 1.96. The molecule has 0 aliphatic rings. The van der Waals surface area contributed by atoms with Crippen molar-refractivity contribution in [1.29, 1.82) is 0 Å². The molecule has 1 N–H and O–H groups in total. The van der Waals surface area contributed by atoms with Crippen molar-refractivity contribution in [3.8, 4) is 5.75 Å². The van der Waals surface area contributed by atoms with Gasteiger partial charge in [0.1, 0.15) is 0 Å². The van der Waals surface area contributed by atoms with E-state index in [0.29, 0.717) is 11.6 Å². The van der Waals surface area contributed by atoms with Gasteiger partial charge in [0.15, 0.2) is 11.6 Å². The SMILES string of the molecule is COc1cc(S(=O)(=O)Nc2ccc(C(C)C)cc2)ccc1F. The first-order chi connectivity index (χ1) is 10.3. The van der Waals surface area contributed by atoms with Crippen LogP contribution in [0.5, 0.6) is 5.75 Å². The number of hydrogen-bond acceptors (Lipinski definition) is 3. The van der Waals surface area contributed by atoms with Gasteiger partial charge in [0.2, 0.25) is 0 Å². The van der Waals surface area contributed by atoms with Crippen LogP contribution in [0.25, 0.3) is 0 Å². The van der Waals surface area contributed by atoms with Crippen molar-refractivity contribution in [1.82, 2.24) is 0 Å². The number of rotatable bonds is 5. The molecule has 0 spiro atoms. The van der Waals surface area contributed by atoms with E-state index >= 15 is 0 Å². The molecule has 2 aromatic carbocycles. The van der Waals surface area contributed by atoms with Gasteiger partial charge in [-0.2, -0.15) is 0 Å². The van der Waals surface area contributed by atoms with E-state index in [-0.39, 0.29) is 10.6 Å². The normalized spacial score (nSPS) is 11.5. The number of benzene rings is 2. The predicted octanol–water partition coefficient (Wildman–Crippen LogP) is 3.76. The maximum absolute atomic E-state index is 13.4. The van der Waals surface area contributed by atoms with Crippen LogP contribution in [0.2, 0.25) is 0 Å². The van der Waals surface area contributed by atoms with Gasteiger partial charge in [0, 0.05) is 11.8 Å². The number of halogens is 1. The molecule has 0 radical (unpaired) electrons. The highest BCUT2D eigenvalue weighted by molar-refractivity contribution is 7.92. The van der Waals surface area contributed by atoms with Crippen LogP contribution in [-0.4, -0.2) is 15.5 Å². The topological polar surface area (TPSA) is 55.4 Å². The second kappa shape index (κ2) is 6.36. The Labute approximate surface area is 130 Å². The Morgan fingerprint density at radius 1 is 1.09 bits per heavy atom. The van der Waals surface area contributed by atoms with E-state index in [1.54, 1.807) is 12.1 Å². The molecule has 0 unspecified atom stereocenters. The molecule has 0 aliphatic heterocycles. The zero-order chi connectivity index (χ0) is 16.3. The van der Waals surface area contributed by atoms with Crippen molar-refractivity contribution < 1.29 is 17.5 Å². The molecule has 0 aliphatic carbocycles. The molecule has 0 bridgehead atoms. The molecular weight excluding hydrogens is 305 g/mol. The lowest BCUT2D eigenvalue weighted by molar-refractivity contribution is 0.385. The van der Waals surface area contributed by atoms with Crippen LogP contribution in [0.4, 0.5) is 10.1 Å². The molecule has 0 heterocycles. The summed E-state index contributed by atoms with van der Waals surface area (Å²) in [5, 5.41) is 0. The van der Waals surface area contributed by atoms with E-state index in [0.717, 1.165) is 17.7 Å². The molecular formula is C16H18FNO3S. The van der Waals surface area contributed by atoms with E-state index in [4.69, 9.17) is 4.74 Å². The van der Waals surface area contributed by atoms with Crippen molar-refractivity contribution >= 4 is 15.7 Å². The third kappa shape index (κ3) is 3.57. The van der Waals surface area contributed by atoms with Crippen molar-refractivity contribution in [2.45, 2.75) is 24.7 Å². The van der Waals surface area contributed by atoms with Crippen molar-refractivity contribution in [2.24, 2.45) is 0 Å². The summed E-state index contributed by atoms with van der Waals surface area (Å²) >= 11 is 0. The smallest absolute Gasteiger partial charge is 0.262 e. The van der Waals surface area contributed by atoms with Gasteiger partial charge >= 0.3 is 0 Å². The lowest BCUT2D eigenvalue weighted by atomic mass is 10.0. The maximum Gasteiger partial charge on any atom is 0.262 e. The Hall–Kier alpha value is -2.08. The Bertz CT molecular complexity index is 755. The van der Waals surface area contributed by atoms with Gasteiger partial charge in [0.05, 0.1) is 12.0 Å². The number of hydrogen-bond donors (Lipinski definition) is 1.